The molecule has 1 aromatic carbocycles. The average Bonchev–Trinajstić information content (AvgIpc) is 3.56. The van der Waals surface area contributed by atoms with Gasteiger partial charge in [0.15, 0.2) is 17.4 Å². The summed E-state index contributed by atoms with van der Waals surface area (Å²) in [6.45, 7) is 0.401. The summed E-state index contributed by atoms with van der Waals surface area (Å²) in [4.78, 5) is 22.0. The molecule has 0 unspecified atom stereocenters. The van der Waals surface area contributed by atoms with E-state index in [4.69, 9.17) is 4.52 Å². The molecule has 0 aliphatic carbocycles. The zero-order valence-corrected chi connectivity index (χ0v) is 18.7. The minimum absolute atomic E-state index is 0.0220. The molecule has 0 radical (unpaired) electrons. The number of benzene rings is 1. The fourth-order valence-electron chi connectivity index (χ4n) is 3.91. The first kappa shape index (κ1) is 22.2. The van der Waals surface area contributed by atoms with Gasteiger partial charge in [-0.15, -0.1) is 0 Å². The van der Waals surface area contributed by atoms with Gasteiger partial charge < -0.3 is 19.8 Å². The van der Waals surface area contributed by atoms with Crippen molar-refractivity contribution in [3.8, 4) is 28.6 Å². The molecule has 176 valence electrons. The lowest BCUT2D eigenvalue weighted by atomic mass is 9.97. The Labute approximate surface area is 198 Å². The van der Waals surface area contributed by atoms with E-state index in [0.717, 1.165) is 6.20 Å². The molecule has 1 aliphatic rings. The number of hydrogen-bond acceptors (Lipinski definition) is 9. The Hall–Kier alpha value is -4.63. The van der Waals surface area contributed by atoms with Crippen molar-refractivity contribution in [2.45, 2.75) is 12.0 Å². The Morgan fingerprint density at radius 1 is 1.29 bits per heavy atom. The quantitative estimate of drug-likeness (QED) is 0.445. The number of carbonyl (C=O) groups is 1. The summed E-state index contributed by atoms with van der Waals surface area (Å²) in [5.41, 5.74) is -0.0633. The Bertz CT molecular complexity index is 1490. The first-order valence-electron chi connectivity index (χ1n) is 10.6. The number of likely N-dealkylation sites (N-methyl/N-ethyl adjacent to an activating group) is 1. The van der Waals surface area contributed by atoms with Gasteiger partial charge in [-0.3, -0.25) is 9.48 Å². The highest BCUT2D eigenvalue weighted by molar-refractivity contribution is 5.87. The van der Waals surface area contributed by atoms with E-state index in [0.29, 0.717) is 28.9 Å². The third-order valence-corrected chi connectivity index (χ3v) is 5.78. The van der Waals surface area contributed by atoms with Crippen molar-refractivity contribution in [1.82, 2.24) is 29.8 Å². The zero-order chi connectivity index (χ0) is 24.7. The maximum Gasteiger partial charge on any atom is 0.262 e. The molecule has 4 aromatic rings. The minimum atomic E-state index is -1.76. The molecule has 0 bridgehead atoms. The van der Waals surface area contributed by atoms with Crippen molar-refractivity contribution < 1.29 is 18.8 Å². The molecule has 0 spiro atoms. The lowest BCUT2D eigenvalue weighted by molar-refractivity contribution is -0.144. The lowest BCUT2D eigenvalue weighted by Gasteiger charge is -2.16. The minimum Gasteiger partial charge on any atom is -0.373 e. The van der Waals surface area contributed by atoms with Crippen LogP contribution in [-0.2, 0) is 17.4 Å². The SMILES string of the molecule is CN1CC[C@@](O)(c2cc(-c3cccc(-c4nc(Nc5nn(C)cc5C#N)ncc4F)c3)no2)C1=O. The second-order valence-corrected chi connectivity index (χ2v) is 8.19. The van der Waals surface area contributed by atoms with Crippen LogP contribution in [0.25, 0.3) is 22.5 Å². The van der Waals surface area contributed by atoms with Gasteiger partial charge in [0.25, 0.3) is 5.91 Å². The smallest absolute Gasteiger partial charge is 0.262 e. The molecule has 3 aromatic heterocycles. The third kappa shape index (κ3) is 3.87. The summed E-state index contributed by atoms with van der Waals surface area (Å²) >= 11 is 0. The van der Waals surface area contributed by atoms with Gasteiger partial charge in [0.2, 0.25) is 11.5 Å². The van der Waals surface area contributed by atoms with Crippen molar-refractivity contribution in [2.75, 3.05) is 18.9 Å². The van der Waals surface area contributed by atoms with Crippen LogP contribution in [0.5, 0.6) is 0 Å². The van der Waals surface area contributed by atoms with Crippen molar-refractivity contribution in [3.05, 3.63) is 59.9 Å². The van der Waals surface area contributed by atoms with E-state index in [-0.39, 0.29) is 29.6 Å². The Balaban J connectivity index is 1.46. The molecular formula is C23H19FN8O3. The van der Waals surface area contributed by atoms with E-state index in [1.54, 1.807) is 38.4 Å². The average molecular weight is 474 g/mol. The van der Waals surface area contributed by atoms with Gasteiger partial charge in [0, 0.05) is 50.5 Å². The van der Waals surface area contributed by atoms with E-state index in [1.165, 1.54) is 21.8 Å². The van der Waals surface area contributed by atoms with Crippen LogP contribution < -0.4 is 5.32 Å². The Morgan fingerprint density at radius 3 is 2.83 bits per heavy atom. The number of nitrogens with one attached hydrogen (secondary N) is 1. The van der Waals surface area contributed by atoms with Crippen molar-refractivity contribution in [1.29, 1.82) is 5.26 Å². The number of aliphatic hydroxyl groups is 1. The molecule has 5 rings (SSSR count). The normalized spacial score (nSPS) is 17.6. The monoisotopic (exact) mass is 474 g/mol. The maximum atomic E-state index is 14.7. The van der Waals surface area contributed by atoms with Crippen LogP contribution in [0.3, 0.4) is 0 Å². The molecule has 4 heterocycles. The molecule has 1 aliphatic heterocycles. The van der Waals surface area contributed by atoms with Crippen LogP contribution in [0.4, 0.5) is 16.2 Å². The second kappa shape index (κ2) is 8.30. The Kier molecular flexibility index (Phi) is 5.26. The van der Waals surface area contributed by atoms with Crippen molar-refractivity contribution in [3.63, 3.8) is 0 Å². The highest BCUT2D eigenvalue weighted by atomic mass is 19.1. The fourth-order valence-corrected chi connectivity index (χ4v) is 3.91. The molecule has 0 saturated carbocycles. The van der Waals surface area contributed by atoms with Crippen LogP contribution in [-0.4, -0.2) is 54.4 Å². The van der Waals surface area contributed by atoms with Gasteiger partial charge in [0.05, 0.1) is 6.20 Å². The number of aromatic nitrogens is 5. The van der Waals surface area contributed by atoms with E-state index in [2.05, 4.69) is 25.5 Å². The summed E-state index contributed by atoms with van der Waals surface area (Å²) in [5, 5.41) is 31.0. The molecule has 1 amide bonds. The van der Waals surface area contributed by atoms with E-state index in [9.17, 15) is 19.6 Å². The topological polar surface area (TPSA) is 146 Å². The largest absolute Gasteiger partial charge is 0.373 e. The highest BCUT2D eigenvalue weighted by Gasteiger charge is 2.48. The second-order valence-electron chi connectivity index (χ2n) is 8.19. The summed E-state index contributed by atoms with van der Waals surface area (Å²) in [7, 11) is 3.28. The van der Waals surface area contributed by atoms with Gasteiger partial charge in [0.1, 0.15) is 23.0 Å². The first-order valence-corrected chi connectivity index (χ1v) is 10.6. The van der Waals surface area contributed by atoms with Gasteiger partial charge in [-0.1, -0.05) is 23.4 Å². The number of aryl methyl sites for hydroxylation is 1. The number of carbonyl (C=O) groups excluding carboxylic acids is 1. The number of halogens is 1. The van der Waals surface area contributed by atoms with E-state index >= 15 is 0 Å². The predicted molar refractivity (Wildman–Crippen MR) is 120 cm³/mol. The van der Waals surface area contributed by atoms with Gasteiger partial charge in [-0.05, 0) is 6.07 Å². The standard InChI is InChI=1S/C23H19FN8O3/c1-31-7-6-23(34,21(31)33)18-9-17(30-35-18)13-4-3-5-14(8-13)19-16(24)11-26-22(27-19)28-20-15(10-25)12-32(2)29-20/h3-5,8-9,11-12,34H,6-7H2,1-2H3,(H,26,27,28,29)/t23-/m1/s1. The molecule has 12 heteroatoms. The lowest BCUT2D eigenvalue weighted by Crippen LogP contribution is -2.35. The molecule has 1 atom stereocenters. The van der Waals surface area contributed by atoms with Crippen LogP contribution in [0.1, 0.15) is 17.7 Å². The fraction of sp³-hybridized carbons (Fsp3) is 0.217. The molecule has 1 fully saturated rings. The number of nitrogens with zero attached hydrogens (tertiary/aromatic N) is 7. The van der Waals surface area contributed by atoms with Crippen LogP contribution in [0.15, 0.2) is 47.2 Å². The van der Waals surface area contributed by atoms with Crippen molar-refractivity contribution >= 4 is 17.7 Å². The number of rotatable bonds is 5. The van der Waals surface area contributed by atoms with Crippen LogP contribution in [0, 0.1) is 17.1 Å². The number of hydrogen-bond donors (Lipinski definition) is 2. The summed E-state index contributed by atoms with van der Waals surface area (Å²) in [6.07, 6.45) is 2.76. The van der Waals surface area contributed by atoms with Gasteiger partial charge in [-0.25, -0.2) is 14.4 Å². The van der Waals surface area contributed by atoms with Gasteiger partial charge in [-0.2, -0.15) is 10.4 Å². The first-order chi connectivity index (χ1) is 16.8. The van der Waals surface area contributed by atoms with E-state index in [1.807, 2.05) is 6.07 Å². The number of nitriles is 1. The summed E-state index contributed by atoms with van der Waals surface area (Å²) < 4.78 is 21.5. The third-order valence-electron chi connectivity index (χ3n) is 5.78. The summed E-state index contributed by atoms with van der Waals surface area (Å²) in [5.74, 6) is -0.734. The van der Waals surface area contributed by atoms with Gasteiger partial charge >= 0.3 is 0 Å². The molecule has 35 heavy (non-hydrogen) atoms. The molecule has 2 N–H and O–H groups in total. The van der Waals surface area contributed by atoms with Crippen LogP contribution >= 0.6 is 0 Å². The number of anilines is 2. The number of likely N-dealkylation sites (tertiary alicyclic amines) is 1. The number of amides is 1. The predicted octanol–water partition coefficient (Wildman–Crippen LogP) is 2.34. The molecular weight excluding hydrogens is 455 g/mol. The van der Waals surface area contributed by atoms with E-state index < -0.39 is 17.3 Å². The molecule has 1 saturated heterocycles. The Morgan fingerprint density at radius 2 is 2.09 bits per heavy atom. The maximum absolute atomic E-state index is 14.7. The summed E-state index contributed by atoms with van der Waals surface area (Å²) in [6, 6.07) is 10.3. The highest BCUT2D eigenvalue weighted by Crippen LogP contribution is 2.35. The van der Waals surface area contributed by atoms with Crippen LogP contribution in [0.2, 0.25) is 0 Å². The van der Waals surface area contributed by atoms with Crippen molar-refractivity contribution in [2.24, 2.45) is 7.05 Å². The zero-order valence-electron chi connectivity index (χ0n) is 18.7. The molecule has 11 nitrogen and oxygen atoms in total.